The van der Waals surface area contributed by atoms with E-state index in [1.165, 1.54) is 0 Å². The van der Waals surface area contributed by atoms with Crippen LogP contribution >= 0.6 is 23.2 Å². The summed E-state index contributed by atoms with van der Waals surface area (Å²) in [7, 11) is 0. The molecular formula is C21H13Cl2NO. The topological polar surface area (TPSA) is 26.0 Å². The zero-order chi connectivity index (χ0) is 17.2. The maximum absolute atomic E-state index is 6.40. The molecule has 0 atom stereocenters. The molecule has 0 unspecified atom stereocenters. The molecule has 0 spiro atoms. The van der Waals surface area contributed by atoms with Crippen molar-refractivity contribution in [2.75, 3.05) is 0 Å². The number of nitrogens with zero attached hydrogens (tertiary/aromatic N) is 1. The third-order valence-electron chi connectivity index (χ3n) is 3.90. The molecule has 3 aromatic carbocycles. The Morgan fingerprint density at radius 1 is 0.640 bits per heavy atom. The van der Waals surface area contributed by atoms with Gasteiger partial charge in [-0.25, -0.2) is 4.98 Å². The average molecular weight is 366 g/mol. The molecule has 0 aliphatic heterocycles. The van der Waals surface area contributed by atoms with Crippen LogP contribution in [0.25, 0.3) is 34.0 Å². The Bertz CT molecular complexity index is 962. The van der Waals surface area contributed by atoms with Crippen LogP contribution in [0.3, 0.4) is 0 Å². The SMILES string of the molecule is Clc1ccccc1-c1nc(-c2ccccc2)oc1-c1ccccc1Cl. The summed E-state index contributed by atoms with van der Waals surface area (Å²) in [4.78, 5) is 4.72. The molecule has 0 radical (unpaired) electrons. The lowest BCUT2D eigenvalue weighted by Crippen LogP contribution is -1.85. The molecule has 0 saturated carbocycles. The fourth-order valence-corrected chi connectivity index (χ4v) is 3.13. The predicted molar refractivity (Wildman–Crippen MR) is 103 cm³/mol. The summed E-state index contributed by atoms with van der Waals surface area (Å²) in [5, 5.41) is 1.22. The number of oxazole rings is 1. The van der Waals surface area contributed by atoms with E-state index in [0.29, 0.717) is 27.4 Å². The van der Waals surface area contributed by atoms with Gasteiger partial charge in [0.2, 0.25) is 5.89 Å². The summed E-state index contributed by atoms with van der Waals surface area (Å²) in [6.07, 6.45) is 0. The first-order valence-corrected chi connectivity index (χ1v) is 8.55. The minimum absolute atomic E-state index is 0.533. The van der Waals surface area contributed by atoms with Crippen molar-refractivity contribution in [1.82, 2.24) is 4.98 Å². The van der Waals surface area contributed by atoms with Gasteiger partial charge < -0.3 is 4.42 Å². The van der Waals surface area contributed by atoms with E-state index in [-0.39, 0.29) is 0 Å². The van der Waals surface area contributed by atoms with E-state index in [2.05, 4.69) is 0 Å². The Morgan fingerprint density at radius 2 is 1.20 bits per heavy atom. The van der Waals surface area contributed by atoms with Crippen LogP contribution in [0.5, 0.6) is 0 Å². The van der Waals surface area contributed by atoms with Crippen LogP contribution in [0, 0.1) is 0 Å². The van der Waals surface area contributed by atoms with Crippen molar-refractivity contribution in [2.45, 2.75) is 0 Å². The molecule has 2 nitrogen and oxygen atoms in total. The van der Waals surface area contributed by atoms with Crippen LogP contribution < -0.4 is 0 Å². The highest BCUT2D eigenvalue weighted by Gasteiger charge is 2.21. The van der Waals surface area contributed by atoms with Gasteiger partial charge in [0.1, 0.15) is 5.69 Å². The monoisotopic (exact) mass is 365 g/mol. The summed E-state index contributed by atoms with van der Waals surface area (Å²) in [5.74, 6) is 1.14. The smallest absolute Gasteiger partial charge is 0.227 e. The molecule has 1 heterocycles. The van der Waals surface area contributed by atoms with Crippen molar-refractivity contribution >= 4 is 23.2 Å². The van der Waals surface area contributed by atoms with Gasteiger partial charge in [0.05, 0.1) is 10.0 Å². The molecule has 122 valence electrons. The highest BCUT2D eigenvalue weighted by atomic mass is 35.5. The fraction of sp³-hybridized carbons (Fsp3) is 0. The average Bonchev–Trinajstić information content (AvgIpc) is 3.08. The first-order chi connectivity index (χ1) is 12.2. The van der Waals surface area contributed by atoms with E-state index in [1.54, 1.807) is 0 Å². The van der Waals surface area contributed by atoms with Crippen molar-refractivity contribution in [2.24, 2.45) is 0 Å². The van der Waals surface area contributed by atoms with E-state index < -0.39 is 0 Å². The van der Waals surface area contributed by atoms with E-state index >= 15 is 0 Å². The molecule has 4 heteroatoms. The van der Waals surface area contributed by atoms with Gasteiger partial charge in [0.15, 0.2) is 5.76 Å². The second-order valence-electron chi connectivity index (χ2n) is 5.52. The van der Waals surface area contributed by atoms with Gasteiger partial charge in [0.25, 0.3) is 0 Å². The second kappa shape index (κ2) is 6.75. The maximum Gasteiger partial charge on any atom is 0.227 e. The van der Waals surface area contributed by atoms with Crippen LogP contribution in [0.15, 0.2) is 83.3 Å². The molecule has 0 amide bonds. The molecule has 0 N–H and O–H groups in total. The number of aromatic nitrogens is 1. The largest absolute Gasteiger partial charge is 0.435 e. The molecule has 0 fully saturated rings. The van der Waals surface area contributed by atoms with Gasteiger partial charge >= 0.3 is 0 Å². The fourth-order valence-electron chi connectivity index (χ4n) is 2.69. The predicted octanol–water partition coefficient (Wildman–Crippen LogP) is 6.98. The lowest BCUT2D eigenvalue weighted by molar-refractivity contribution is 0.589. The summed E-state index contributed by atoms with van der Waals surface area (Å²) >= 11 is 12.8. The standard InChI is InChI=1S/C21H13Cl2NO/c22-17-12-6-4-10-15(17)19-20(16-11-5-7-13-18(16)23)25-21(24-19)14-8-2-1-3-9-14/h1-13H. The number of benzene rings is 3. The minimum atomic E-state index is 0.533. The van der Waals surface area contributed by atoms with Crippen LogP contribution in [-0.2, 0) is 0 Å². The summed E-state index contributed by atoms with van der Waals surface area (Å²) in [5.41, 5.74) is 3.17. The summed E-state index contributed by atoms with van der Waals surface area (Å²) in [6.45, 7) is 0. The normalized spacial score (nSPS) is 10.8. The molecular weight excluding hydrogens is 353 g/mol. The van der Waals surface area contributed by atoms with E-state index in [4.69, 9.17) is 32.6 Å². The molecule has 0 saturated heterocycles. The Hall–Kier alpha value is -2.55. The zero-order valence-corrected chi connectivity index (χ0v) is 14.6. The summed E-state index contributed by atoms with van der Waals surface area (Å²) in [6, 6.07) is 24.9. The van der Waals surface area contributed by atoms with Crippen LogP contribution in [0.2, 0.25) is 10.0 Å². The van der Waals surface area contributed by atoms with Gasteiger partial charge in [-0.05, 0) is 30.3 Å². The van der Waals surface area contributed by atoms with E-state index in [9.17, 15) is 0 Å². The third-order valence-corrected chi connectivity index (χ3v) is 4.55. The van der Waals surface area contributed by atoms with Crippen molar-refractivity contribution in [1.29, 1.82) is 0 Å². The van der Waals surface area contributed by atoms with Crippen LogP contribution in [0.4, 0.5) is 0 Å². The molecule has 0 bridgehead atoms. The number of hydrogen-bond donors (Lipinski definition) is 0. The second-order valence-corrected chi connectivity index (χ2v) is 6.34. The van der Waals surface area contributed by atoms with Crippen molar-refractivity contribution in [3.63, 3.8) is 0 Å². The molecule has 25 heavy (non-hydrogen) atoms. The Morgan fingerprint density at radius 3 is 1.84 bits per heavy atom. The third kappa shape index (κ3) is 3.07. The van der Waals surface area contributed by atoms with Gasteiger partial charge in [-0.15, -0.1) is 0 Å². The molecule has 0 aliphatic carbocycles. The molecule has 4 rings (SSSR count). The number of rotatable bonds is 3. The van der Waals surface area contributed by atoms with Crippen molar-refractivity contribution < 1.29 is 4.42 Å². The quantitative estimate of drug-likeness (QED) is 0.391. The maximum atomic E-state index is 6.40. The van der Waals surface area contributed by atoms with E-state index in [1.807, 2.05) is 78.9 Å². The Labute approximate surface area is 155 Å². The van der Waals surface area contributed by atoms with Gasteiger partial charge in [-0.1, -0.05) is 71.7 Å². The van der Waals surface area contributed by atoms with Crippen molar-refractivity contribution in [3.8, 4) is 34.0 Å². The van der Waals surface area contributed by atoms with Gasteiger partial charge in [0, 0.05) is 16.7 Å². The first-order valence-electron chi connectivity index (χ1n) is 7.80. The zero-order valence-electron chi connectivity index (χ0n) is 13.1. The molecule has 0 aliphatic rings. The minimum Gasteiger partial charge on any atom is -0.435 e. The Kier molecular flexibility index (Phi) is 4.31. The van der Waals surface area contributed by atoms with Crippen LogP contribution in [0.1, 0.15) is 0 Å². The number of hydrogen-bond acceptors (Lipinski definition) is 2. The van der Waals surface area contributed by atoms with Gasteiger partial charge in [-0.3, -0.25) is 0 Å². The van der Waals surface area contributed by atoms with Crippen molar-refractivity contribution in [3.05, 3.63) is 88.9 Å². The molecule has 4 aromatic rings. The lowest BCUT2D eigenvalue weighted by Gasteiger charge is -2.05. The van der Waals surface area contributed by atoms with E-state index in [0.717, 1.165) is 16.7 Å². The summed E-state index contributed by atoms with van der Waals surface area (Å²) < 4.78 is 6.12. The first kappa shape index (κ1) is 15.9. The lowest BCUT2D eigenvalue weighted by atomic mass is 10.1. The van der Waals surface area contributed by atoms with Gasteiger partial charge in [-0.2, -0.15) is 0 Å². The highest BCUT2D eigenvalue weighted by molar-refractivity contribution is 6.34. The Balaban J connectivity index is 1.97. The highest BCUT2D eigenvalue weighted by Crippen LogP contribution is 2.40. The number of halogens is 2. The molecule has 1 aromatic heterocycles. The van der Waals surface area contributed by atoms with Crippen LogP contribution in [-0.4, -0.2) is 4.98 Å².